The van der Waals surface area contributed by atoms with Crippen LogP contribution in [0.4, 0.5) is 0 Å². The van der Waals surface area contributed by atoms with Gasteiger partial charge in [0.15, 0.2) is 0 Å². The summed E-state index contributed by atoms with van der Waals surface area (Å²) >= 11 is 0. The van der Waals surface area contributed by atoms with Gasteiger partial charge >= 0.3 is 0 Å². The first-order valence-electron chi connectivity index (χ1n) is 19.6. The fourth-order valence-electron chi connectivity index (χ4n) is 5.84. The van der Waals surface area contributed by atoms with Crippen molar-refractivity contribution in [1.29, 1.82) is 0 Å². The van der Waals surface area contributed by atoms with Crippen molar-refractivity contribution < 1.29 is 22.2 Å². The van der Waals surface area contributed by atoms with Crippen LogP contribution in [0.5, 0.6) is 0 Å². The molecule has 0 saturated heterocycles. The minimum atomic E-state index is -0.697. The Bertz CT molecular complexity index is 3170. The summed E-state index contributed by atoms with van der Waals surface area (Å²) in [5, 5.41) is 4.56. The molecule has 0 atom stereocenters. The van der Waals surface area contributed by atoms with Crippen molar-refractivity contribution in [1.82, 2.24) is 0 Å². The zero-order chi connectivity index (χ0) is 38.2. The van der Waals surface area contributed by atoms with Gasteiger partial charge in [0.2, 0.25) is 0 Å². The minimum absolute atomic E-state index is 0.0565. The molecule has 0 N–H and O–H groups in total. The summed E-state index contributed by atoms with van der Waals surface area (Å²) in [5.41, 5.74) is -0.620. The molecule has 0 aliphatic rings. The van der Waals surface area contributed by atoms with Gasteiger partial charge in [-0.1, -0.05) is 121 Å². The third kappa shape index (κ3) is 3.30. The first-order valence-corrected chi connectivity index (χ1v) is 13.1. The molecule has 9 rings (SSSR count). The molecule has 0 aliphatic heterocycles. The first-order chi connectivity index (χ1) is 25.8. The quantitative estimate of drug-likeness (QED) is 0.159. The number of rotatable bonds is 2. The van der Waals surface area contributed by atoms with Gasteiger partial charge in [0.05, 0.1) is 17.8 Å². The monoisotopic (exact) mass is 533 g/mol. The second-order valence-electron chi connectivity index (χ2n) is 9.86. The smallest absolute Gasteiger partial charge is 0.143 e. The van der Waals surface area contributed by atoms with Gasteiger partial charge < -0.3 is 4.42 Å². The van der Waals surface area contributed by atoms with E-state index in [0.717, 1.165) is 32.3 Å². The SMILES string of the molecule is [2H]c1c([2H])c([2H])c(-c2c([2H])c([2H])c3c([2H])c([2H])c4c(oc5c([2H])c([2H])c([2H])c(-c6c7ccccc7cc7c6ccc6ccccc67)c54)c3c2[2H])c([2H])c1[2H]. The molecule has 1 heterocycles. The van der Waals surface area contributed by atoms with Crippen molar-refractivity contribution >= 4 is 65.0 Å². The summed E-state index contributed by atoms with van der Waals surface area (Å²) in [6.45, 7) is 0. The van der Waals surface area contributed by atoms with Gasteiger partial charge in [-0.2, -0.15) is 0 Å². The highest BCUT2D eigenvalue weighted by Gasteiger charge is 2.19. The normalized spacial score (nSPS) is 16.3. The van der Waals surface area contributed by atoms with Crippen LogP contribution in [0.1, 0.15) is 17.8 Å². The van der Waals surface area contributed by atoms with E-state index >= 15 is 0 Å². The van der Waals surface area contributed by atoms with Crippen LogP contribution in [-0.4, -0.2) is 0 Å². The highest BCUT2D eigenvalue weighted by molar-refractivity contribution is 6.26. The molecule has 1 heteroatoms. The summed E-state index contributed by atoms with van der Waals surface area (Å²) in [6, 6.07) is 13.8. The van der Waals surface area contributed by atoms with Crippen LogP contribution in [0.3, 0.4) is 0 Å². The number of benzene rings is 8. The Morgan fingerprint density at radius 3 is 2.20 bits per heavy atom. The highest BCUT2D eigenvalue weighted by atomic mass is 16.3. The molecule has 0 spiro atoms. The Morgan fingerprint density at radius 1 is 0.488 bits per heavy atom. The van der Waals surface area contributed by atoms with Crippen LogP contribution in [0, 0.1) is 0 Å². The molecule has 0 unspecified atom stereocenters. The van der Waals surface area contributed by atoms with E-state index in [1.807, 2.05) is 60.7 Å². The van der Waals surface area contributed by atoms with Crippen LogP contribution in [0.15, 0.2) is 150 Å². The Morgan fingerprint density at radius 2 is 1.29 bits per heavy atom. The van der Waals surface area contributed by atoms with Gasteiger partial charge in [-0.15, -0.1) is 0 Å². The van der Waals surface area contributed by atoms with E-state index in [0.29, 0.717) is 5.56 Å². The summed E-state index contributed by atoms with van der Waals surface area (Å²) in [5.74, 6) is 0. The largest absolute Gasteiger partial charge is 0.455 e. The highest BCUT2D eigenvalue weighted by Crippen LogP contribution is 2.45. The van der Waals surface area contributed by atoms with Crippen LogP contribution in [0.25, 0.3) is 87.3 Å². The number of hydrogen-bond acceptors (Lipinski definition) is 1. The second-order valence-corrected chi connectivity index (χ2v) is 9.86. The molecule has 1 nitrogen and oxygen atoms in total. The van der Waals surface area contributed by atoms with Gasteiger partial charge in [-0.25, -0.2) is 0 Å². The molecule has 190 valence electrons. The van der Waals surface area contributed by atoms with Gasteiger partial charge in [-0.3, -0.25) is 0 Å². The molecule has 0 radical (unpaired) electrons. The second kappa shape index (κ2) is 8.55. The fraction of sp³-hybridized carbons (Fsp3) is 0. The average molecular weight is 534 g/mol. The molecule has 0 fully saturated rings. The van der Waals surface area contributed by atoms with Crippen molar-refractivity contribution in [3.8, 4) is 22.3 Å². The fourth-order valence-corrected chi connectivity index (χ4v) is 5.84. The Kier molecular flexibility index (Phi) is 2.77. The molecule has 1 aromatic heterocycles. The third-order valence-electron chi connectivity index (χ3n) is 7.64. The maximum absolute atomic E-state index is 9.41. The zero-order valence-electron chi connectivity index (χ0n) is 34.3. The predicted molar refractivity (Wildman–Crippen MR) is 175 cm³/mol. The molecular weight excluding hydrogens is 496 g/mol. The molecule has 9 aromatic rings. The van der Waals surface area contributed by atoms with Crippen molar-refractivity contribution in [3.05, 3.63) is 145 Å². The lowest BCUT2D eigenvalue weighted by atomic mass is 9.88. The zero-order valence-corrected chi connectivity index (χ0v) is 21.3. The molecule has 0 amide bonds. The molecule has 41 heavy (non-hydrogen) atoms. The van der Waals surface area contributed by atoms with E-state index in [1.54, 1.807) is 0 Å². The number of fused-ring (bicyclic) bond motifs is 9. The standard InChI is InChI=1S/C40H24O/c1-2-9-25(10-3-1)28-18-17-27-20-22-34-39-33(15-8-16-37(39)41-40(34)35(27)23-28)38-31-14-7-5-12-29(31)24-36-30-13-6-4-11-26(30)19-21-32(36)38/h1-24H/i1D,2D,3D,8D,9D,10D,15D,16D,17D,18D,20D,22D,23D. The molecule has 0 saturated carbocycles. The van der Waals surface area contributed by atoms with E-state index in [4.69, 9.17) is 18.1 Å². The molecule has 0 aliphatic carbocycles. The lowest BCUT2D eigenvalue weighted by Gasteiger charge is -2.15. The molecular formula is C40H24O. The maximum Gasteiger partial charge on any atom is 0.143 e. The van der Waals surface area contributed by atoms with Crippen LogP contribution >= 0.6 is 0 Å². The topological polar surface area (TPSA) is 13.1 Å². The summed E-state index contributed by atoms with van der Waals surface area (Å²) in [6.07, 6.45) is 0. The first kappa shape index (κ1) is 13.3. The van der Waals surface area contributed by atoms with E-state index in [1.165, 1.54) is 0 Å². The van der Waals surface area contributed by atoms with Gasteiger partial charge in [0.25, 0.3) is 0 Å². The predicted octanol–water partition coefficient (Wildman–Crippen LogP) is 11.5. The van der Waals surface area contributed by atoms with Crippen molar-refractivity contribution in [2.45, 2.75) is 0 Å². The van der Waals surface area contributed by atoms with Gasteiger partial charge in [0, 0.05) is 16.2 Å². The van der Waals surface area contributed by atoms with Gasteiger partial charge in [0.1, 0.15) is 11.2 Å². The van der Waals surface area contributed by atoms with Crippen molar-refractivity contribution in [3.63, 3.8) is 0 Å². The van der Waals surface area contributed by atoms with Gasteiger partial charge in [-0.05, 0) is 84.2 Å². The Hall–Kier alpha value is -5.40. The Labute approximate surface area is 255 Å². The molecule has 0 bridgehead atoms. The maximum atomic E-state index is 9.41. The minimum Gasteiger partial charge on any atom is -0.455 e. The van der Waals surface area contributed by atoms with E-state index < -0.39 is 83.6 Å². The summed E-state index contributed by atoms with van der Waals surface area (Å²) < 4.78 is 121. The van der Waals surface area contributed by atoms with Crippen LogP contribution in [-0.2, 0) is 0 Å². The molecule has 8 aromatic carbocycles. The van der Waals surface area contributed by atoms with E-state index in [2.05, 4.69) is 6.07 Å². The van der Waals surface area contributed by atoms with Crippen LogP contribution in [0.2, 0.25) is 0 Å². The van der Waals surface area contributed by atoms with Crippen molar-refractivity contribution in [2.75, 3.05) is 0 Å². The van der Waals surface area contributed by atoms with Crippen molar-refractivity contribution in [2.24, 2.45) is 0 Å². The lowest BCUT2D eigenvalue weighted by Crippen LogP contribution is -1.88. The van der Waals surface area contributed by atoms with Crippen LogP contribution < -0.4 is 0 Å². The Balaban J connectivity index is 1.53. The summed E-state index contributed by atoms with van der Waals surface area (Å²) in [7, 11) is 0. The number of hydrogen-bond donors (Lipinski definition) is 0. The third-order valence-corrected chi connectivity index (χ3v) is 7.64. The number of furan rings is 1. The average Bonchev–Trinajstić information content (AvgIpc) is 3.57. The lowest BCUT2D eigenvalue weighted by molar-refractivity contribution is 0.673. The van der Waals surface area contributed by atoms with E-state index in [9.17, 15) is 4.11 Å². The van der Waals surface area contributed by atoms with E-state index in [-0.39, 0.29) is 44.3 Å². The summed E-state index contributed by atoms with van der Waals surface area (Å²) in [4.78, 5) is 0.